The molecule has 0 fully saturated rings. The molecule has 0 spiro atoms. The first kappa shape index (κ1) is 15.2. The third-order valence-corrected chi connectivity index (χ3v) is 3.91. The van der Waals surface area contributed by atoms with Gasteiger partial charge in [-0.1, -0.05) is 0 Å². The Kier molecular flexibility index (Phi) is 4.09. The second-order valence-corrected chi connectivity index (χ2v) is 6.45. The maximum absolute atomic E-state index is 11.5. The van der Waals surface area contributed by atoms with E-state index in [1.807, 2.05) is 0 Å². The Morgan fingerprint density at radius 2 is 2.19 bits per heavy atom. The number of benzene rings is 1. The Labute approximate surface area is 123 Å². The van der Waals surface area contributed by atoms with Crippen LogP contribution < -0.4 is 4.74 Å². The lowest BCUT2D eigenvalue weighted by Crippen LogP contribution is -2.06. The van der Waals surface area contributed by atoms with Gasteiger partial charge in [0.25, 0.3) is 14.7 Å². The largest absolute Gasteiger partial charge is 0.484 e. The molecular weight excluding hydrogens is 324 g/mol. The van der Waals surface area contributed by atoms with E-state index in [1.54, 1.807) is 7.05 Å². The zero-order valence-electron chi connectivity index (χ0n) is 10.6. The fourth-order valence-electron chi connectivity index (χ4n) is 1.51. The van der Waals surface area contributed by atoms with Crippen LogP contribution in [0.2, 0.25) is 0 Å². The van der Waals surface area contributed by atoms with Crippen molar-refractivity contribution in [3.05, 3.63) is 40.5 Å². The van der Waals surface area contributed by atoms with Crippen LogP contribution in [0.15, 0.2) is 29.4 Å². The molecule has 21 heavy (non-hydrogen) atoms. The third kappa shape index (κ3) is 3.47. The average molecular weight is 333 g/mol. The van der Waals surface area contributed by atoms with Gasteiger partial charge in [0.1, 0.15) is 23.6 Å². The standard InChI is InChI=1S/C10H9ClN4O5S/c1-14-10(12-6-13-14)5-20-8-3-2-7(15(16)17)4-9(8)21(11,18)19/h2-4,6H,5H2,1H3. The number of ether oxygens (including phenoxy) is 1. The zero-order valence-corrected chi connectivity index (χ0v) is 12.2. The van der Waals surface area contributed by atoms with E-state index < -0.39 is 24.6 Å². The topological polar surface area (TPSA) is 117 Å². The number of halogens is 1. The Balaban J connectivity index is 2.35. The van der Waals surface area contributed by atoms with Gasteiger partial charge in [0.05, 0.1) is 4.92 Å². The van der Waals surface area contributed by atoms with E-state index in [1.165, 1.54) is 17.1 Å². The van der Waals surface area contributed by atoms with E-state index in [-0.39, 0.29) is 12.4 Å². The Hall–Kier alpha value is -2.20. The fourth-order valence-corrected chi connectivity index (χ4v) is 2.50. The number of nitrogens with zero attached hydrogens (tertiary/aromatic N) is 4. The summed E-state index contributed by atoms with van der Waals surface area (Å²) in [6.45, 7) is -0.0618. The van der Waals surface area contributed by atoms with E-state index in [9.17, 15) is 18.5 Å². The van der Waals surface area contributed by atoms with Crippen molar-refractivity contribution in [3.8, 4) is 5.75 Å². The van der Waals surface area contributed by atoms with Gasteiger partial charge in [-0.25, -0.2) is 13.4 Å². The Bertz CT molecular complexity index is 788. The quantitative estimate of drug-likeness (QED) is 0.459. The van der Waals surface area contributed by atoms with Crippen molar-refractivity contribution in [2.75, 3.05) is 0 Å². The van der Waals surface area contributed by atoms with Crippen LogP contribution in [0.4, 0.5) is 5.69 Å². The molecule has 1 heterocycles. The highest BCUT2D eigenvalue weighted by atomic mass is 35.7. The number of aryl methyl sites for hydroxylation is 1. The number of non-ortho nitro benzene ring substituents is 1. The molecule has 0 radical (unpaired) electrons. The van der Waals surface area contributed by atoms with Gasteiger partial charge < -0.3 is 4.74 Å². The van der Waals surface area contributed by atoms with Gasteiger partial charge in [0.2, 0.25) is 0 Å². The summed E-state index contributed by atoms with van der Waals surface area (Å²) >= 11 is 0. The van der Waals surface area contributed by atoms with Gasteiger partial charge in [-0.3, -0.25) is 14.8 Å². The predicted molar refractivity (Wildman–Crippen MR) is 71.5 cm³/mol. The zero-order chi connectivity index (χ0) is 15.6. The second kappa shape index (κ2) is 5.66. The van der Waals surface area contributed by atoms with Crippen molar-refractivity contribution >= 4 is 25.4 Å². The predicted octanol–water partition coefficient (Wildman–Crippen LogP) is 1.23. The number of aromatic nitrogens is 3. The number of nitro groups is 1. The normalized spacial score (nSPS) is 11.3. The second-order valence-electron chi connectivity index (χ2n) is 3.91. The maximum Gasteiger partial charge on any atom is 0.271 e. The molecule has 0 N–H and O–H groups in total. The summed E-state index contributed by atoms with van der Waals surface area (Å²) in [5.41, 5.74) is -0.403. The Morgan fingerprint density at radius 3 is 2.71 bits per heavy atom. The molecule has 9 nitrogen and oxygen atoms in total. The van der Waals surface area contributed by atoms with Crippen molar-refractivity contribution in [2.24, 2.45) is 7.05 Å². The molecule has 2 aromatic rings. The lowest BCUT2D eigenvalue weighted by molar-refractivity contribution is -0.385. The van der Waals surface area contributed by atoms with Crippen LogP contribution >= 0.6 is 10.7 Å². The van der Waals surface area contributed by atoms with Gasteiger partial charge in [0.15, 0.2) is 5.82 Å². The van der Waals surface area contributed by atoms with E-state index >= 15 is 0 Å². The smallest absolute Gasteiger partial charge is 0.271 e. The molecule has 2 rings (SSSR count). The van der Waals surface area contributed by atoms with Gasteiger partial charge >= 0.3 is 0 Å². The lowest BCUT2D eigenvalue weighted by atomic mass is 10.3. The lowest BCUT2D eigenvalue weighted by Gasteiger charge is -2.09. The fraction of sp³-hybridized carbons (Fsp3) is 0.200. The molecule has 0 aliphatic rings. The molecule has 0 saturated heterocycles. The summed E-state index contributed by atoms with van der Waals surface area (Å²) in [7, 11) is 2.72. The molecule has 1 aromatic carbocycles. The minimum Gasteiger partial charge on any atom is -0.484 e. The molecule has 11 heteroatoms. The van der Waals surface area contributed by atoms with Crippen molar-refractivity contribution in [2.45, 2.75) is 11.5 Å². The van der Waals surface area contributed by atoms with Crippen LogP contribution in [0, 0.1) is 10.1 Å². The van der Waals surface area contributed by atoms with Crippen LogP contribution in [0.25, 0.3) is 0 Å². The molecule has 112 valence electrons. The van der Waals surface area contributed by atoms with Crippen molar-refractivity contribution in [3.63, 3.8) is 0 Å². The van der Waals surface area contributed by atoms with Crippen LogP contribution in [-0.2, 0) is 22.7 Å². The molecule has 0 atom stereocenters. The van der Waals surface area contributed by atoms with E-state index in [4.69, 9.17) is 15.4 Å². The van der Waals surface area contributed by atoms with Crippen molar-refractivity contribution < 1.29 is 18.1 Å². The minimum absolute atomic E-state index is 0.0618. The van der Waals surface area contributed by atoms with Crippen molar-refractivity contribution in [1.29, 1.82) is 0 Å². The molecule has 0 saturated carbocycles. The highest BCUT2D eigenvalue weighted by molar-refractivity contribution is 8.13. The summed E-state index contributed by atoms with van der Waals surface area (Å²) in [5.74, 6) is 0.352. The maximum atomic E-state index is 11.5. The number of hydrogen-bond acceptors (Lipinski definition) is 7. The summed E-state index contributed by atoms with van der Waals surface area (Å²) in [4.78, 5) is 13.4. The first-order valence-corrected chi connectivity index (χ1v) is 7.79. The monoisotopic (exact) mass is 332 g/mol. The Morgan fingerprint density at radius 1 is 1.48 bits per heavy atom. The molecule has 1 aromatic heterocycles. The molecule has 0 aliphatic carbocycles. The van der Waals surface area contributed by atoms with Crippen LogP contribution in [0.5, 0.6) is 5.75 Å². The first-order valence-electron chi connectivity index (χ1n) is 5.48. The molecular formula is C10H9ClN4O5S. The van der Waals surface area contributed by atoms with Gasteiger partial charge in [-0.15, -0.1) is 0 Å². The van der Waals surface area contributed by atoms with Crippen LogP contribution in [0.1, 0.15) is 5.82 Å². The highest BCUT2D eigenvalue weighted by Gasteiger charge is 2.21. The summed E-state index contributed by atoms with van der Waals surface area (Å²) in [5, 5.41) is 14.5. The average Bonchev–Trinajstić information content (AvgIpc) is 2.80. The van der Waals surface area contributed by atoms with E-state index in [0.29, 0.717) is 5.82 Å². The van der Waals surface area contributed by atoms with E-state index in [0.717, 1.165) is 12.1 Å². The molecule has 0 unspecified atom stereocenters. The highest BCUT2D eigenvalue weighted by Crippen LogP contribution is 2.31. The van der Waals surface area contributed by atoms with Crippen LogP contribution in [-0.4, -0.2) is 28.1 Å². The third-order valence-electron chi connectivity index (χ3n) is 2.56. The summed E-state index contributed by atoms with van der Waals surface area (Å²) < 4.78 is 29.7. The van der Waals surface area contributed by atoms with E-state index in [2.05, 4.69) is 10.1 Å². The SMILES string of the molecule is Cn1ncnc1COc1ccc([N+](=O)[O-])cc1S(=O)(=O)Cl. The number of hydrogen-bond donors (Lipinski definition) is 0. The minimum atomic E-state index is -4.19. The molecule has 0 aliphatic heterocycles. The van der Waals surface area contributed by atoms with Crippen molar-refractivity contribution in [1.82, 2.24) is 14.8 Å². The summed E-state index contributed by atoms with van der Waals surface area (Å²) in [6, 6.07) is 3.13. The molecule has 0 bridgehead atoms. The summed E-state index contributed by atoms with van der Waals surface area (Å²) in [6.07, 6.45) is 1.31. The van der Waals surface area contributed by atoms with Gasteiger partial charge in [0, 0.05) is 29.9 Å². The number of nitro benzene ring substituents is 1. The van der Waals surface area contributed by atoms with Crippen LogP contribution in [0.3, 0.4) is 0 Å². The van der Waals surface area contributed by atoms with Gasteiger partial charge in [-0.2, -0.15) is 5.10 Å². The first-order chi connectivity index (χ1) is 9.79. The van der Waals surface area contributed by atoms with Gasteiger partial charge in [-0.05, 0) is 6.07 Å². The molecule has 0 amide bonds. The number of rotatable bonds is 5.